The third kappa shape index (κ3) is 2.54. The molecule has 0 radical (unpaired) electrons. The van der Waals surface area contributed by atoms with Crippen LogP contribution in [0.5, 0.6) is 0 Å². The highest BCUT2D eigenvalue weighted by Crippen LogP contribution is 2.43. The molecule has 1 saturated heterocycles. The van der Waals surface area contributed by atoms with E-state index in [1.807, 2.05) is 19.9 Å². The van der Waals surface area contributed by atoms with Crippen LogP contribution < -0.4 is 0 Å². The molecule has 1 unspecified atom stereocenters. The molecule has 1 fully saturated rings. The summed E-state index contributed by atoms with van der Waals surface area (Å²) >= 11 is 0. The van der Waals surface area contributed by atoms with E-state index in [0.717, 1.165) is 18.4 Å². The number of rotatable bonds is 2. The minimum Gasteiger partial charge on any atom is -0.376 e. The molecule has 96 valence electrons. The summed E-state index contributed by atoms with van der Waals surface area (Å²) in [4.78, 5) is 0. The summed E-state index contributed by atoms with van der Waals surface area (Å²) < 4.78 is 19.1. The van der Waals surface area contributed by atoms with Crippen molar-refractivity contribution in [1.29, 1.82) is 5.26 Å². The molecule has 1 aromatic rings. The van der Waals surface area contributed by atoms with Crippen LogP contribution in [0.25, 0.3) is 0 Å². The second-order valence-electron chi connectivity index (χ2n) is 5.66. The minimum atomic E-state index is -0.279. The van der Waals surface area contributed by atoms with Gasteiger partial charge in [-0.2, -0.15) is 5.26 Å². The minimum absolute atomic E-state index is 0.242. The lowest BCUT2D eigenvalue weighted by Crippen LogP contribution is -2.43. The lowest BCUT2D eigenvalue weighted by molar-refractivity contribution is -0.0816. The maximum absolute atomic E-state index is 13.4. The summed E-state index contributed by atoms with van der Waals surface area (Å²) in [5, 5.41) is 9.10. The van der Waals surface area contributed by atoms with Gasteiger partial charge in [-0.15, -0.1) is 0 Å². The standard InChI is InChI=1S/C15H18FNO/c1-14(2)11-15(6-8-17,7-9-18-14)12-4-3-5-13(16)10-12/h3-5,10H,6-7,9,11H2,1-2H3. The maximum Gasteiger partial charge on any atom is 0.123 e. The van der Waals surface area contributed by atoms with Crippen molar-refractivity contribution in [2.24, 2.45) is 0 Å². The Kier molecular flexibility index (Phi) is 3.41. The summed E-state index contributed by atoms with van der Waals surface area (Å²) in [5.74, 6) is -0.242. The third-order valence-electron chi connectivity index (χ3n) is 3.69. The molecule has 0 bridgehead atoms. The third-order valence-corrected chi connectivity index (χ3v) is 3.69. The lowest BCUT2D eigenvalue weighted by Gasteiger charge is -2.44. The second kappa shape index (κ2) is 4.70. The van der Waals surface area contributed by atoms with Gasteiger partial charge < -0.3 is 4.74 Å². The van der Waals surface area contributed by atoms with Gasteiger partial charge in [0.1, 0.15) is 5.82 Å². The van der Waals surface area contributed by atoms with E-state index < -0.39 is 0 Å². The molecule has 1 aliphatic rings. The molecule has 2 nitrogen and oxygen atoms in total. The summed E-state index contributed by atoms with van der Waals surface area (Å²) in [6.07, 6.45) is 1.92. The SMILES string of the molecule is CC1(C)CC(CC#N)(c2cccc(F)c2)CCO1. The van der Waals surface area contributed by atoms with Gasteiger partial charge in [0.2, 0.25) is 0 Å². The van der Waals surface area contributed by atoms with Crippen molar-refractivity contribution < 1.29 is 9.13 Å². The Hall–Kier alpha value is -1.40. The van der Waals surface area contributed by atoms with E-state index in [1.165, 1.54) is 6.07 Å². The summed E-state index contributed by atoms with van der Waals surface area (Å²) in [5.41, 5.74) is 0.375. The Bertz CT molecular complexity index is 478. The van der Waals surface area contributed by atoms with Gasteiger partial charge in [0.05, 0.1) is 11.7 Å². The predicted octanol–water partition coefficient (Wildman–Crippen LogP) is 3.57. The zero-order chi connectivity index (χ0) is 13.2. The molecule has 18 heavy (non-hydrogen) atoms. The number of ether oxygens (including phenoxy) is 1. The molecule has 0 aliphatic carbocycles. The molecule has 0 amide bonds. The molecule has 1 atom stereocenters. The van der Waals surface area contributed by atoms with E-state index in [2.05, 4.69) is 6.07 Å². The first-order valence-electron chi connectivity index (χ1n) is 6.24. The highest BCUT2D eigenvalue weighted by molar-refractivity contribution is 5.29. The normalized spacial score (nSPS) is 26.6. The number of benzene rings is 1. The highest BCUT2D eigenvalue weighted by atomic mass is 19.1. The van der Waals surface area contributed by atoms with Crippen LogP contribution in [0.2, 0.25) is 0 Å². The van der Waals surface area contributed by atoms with Crippen molar-refractivity contribution in [3.8, 4) is 6.07 Å². The summed E-state index contributed by atoms with van der Waals surface area (Å²) in [6.45, 7) is 4.67. The Labute approximate surface area is 107 Å². The van der Waals surface area contributed by atoms with Gasteiger partial charge in [0.15, 0.2) is 0 Å². The smallest absolute Gasteiger partial charge is 0.123 e. The highest BCUT2D eigenvalue weighted by Gasteiger charge is 2.42. The van der Waals surface area contributed by atoms with E-state index in [1.54, 1.807) is 12.1 Å². The summed E-state index contributed by atoms with van der Waals surface area (Å²) in [6, 6.07) is 8.88. The zero-order valence-corrected chi connectivity index (χ0v) is 10.9. The fraction of sp³-hybridized carbons (Fsp3) is 0.533. The van der Waals surface area contributed by atoms with Gasteiger partial charge in [0.25, 0.3) is 0 Å². The van der Waals surface area contributed by atoms with Gasteiger partial charge in [-0.3, -0.25) is 0 Å². The largest absolute Gasteiger partial charge is 0.376 e. The van der Waals surface area contributed by atoms with Crippen molar-refractivity contribution in [3.05, 3.63) is 35.6 Å². The van der Waals surface area contributed by atoms with Gasteiger partial charge in [0, 0.05) is 18.4 Å². The van der Waals surface area contributed by atoms with Crippen LogP contribution in [0.1, 0.15) is 38.7 Å². The van der Waals surface area contributed by atoms with Crippen molar-refractivity contribution in [2.75, 3.05) is 6.61 Å². The number of hydrogen-bond acceptors (Lipinski definition) is 2. The topological polar surface area (TPSA) is 33.0 Å². The Morgan fingerprint density at radius 3 is 2.83 bits per heavy atom. The molecular formula is C15H18FNO. The number of nitrogens with zero attached hydrogens (tertiary/aromatic N) is 1. The molecule has 1 aliphatic heterocycles. The second-order valence-corrected chi connectivity index (χ2v) is 5.66. The van der Waals surface area contributed by atoms with Crippen LogP contribution in [0.3, 0.4) is 0 Å². The Balaban J connectivity index is 2.41. The van der Waals surface area contributed by atoms with Crippen LogP contribution in [0, 0.1) is 17.1 Å². The number of hydrogen-bond donors (Lipinski definition) is 0. The molecule has 3 heteroatoms. The van der Waals surface area contributed by atoms with E-state index in [4.69, 9.17) is 10.00 Å². The van der Waals surface area contributed by atoms with E-state index in [-0.39, 0.29) is 16.8 Å². The van der Waals surface area contributed by atoms with Crippen LogP contribution in [0.4, 0.5) is 4.39 Å². The molecule has 1 aromatic carbocycles. The van der Waals surface area contributed by atoms with Gasteiger partial charge in [-0.1, -0.05) is 12.1 Å². The van der Waals surface area contributed by atoms with Crippen molar-refractivity contribution in [3.63, 3.8) is 0 Å². The van der Waals surface area contributed by atoms with E-state index in [9.17, 15) is 4.39 Å². The lowest BCUT2D eigenvalue weighted by atomic mass is 9.67. The van der Waals surface area contributed by atoms with Crippen LogP contribution >= 0.6 is 0 Å². The van der Waals surface area contributed by atoms with E-state index >= 15 is 0 Å². The Morgan fingerprint density at radius 2 is 2.22 bits per heavy atom. The molecule has 0 spiro atoms. The van der Waals surface area contributed by atoms with Crippen molar-refractivity contribution in [2.45, 2.75) is 44.1 Å². The molecular weight excluding hydrogens is 229 g/mol. The first-order chi connectivity index (χ1) is 8.47. The fourth-order valence-corrected chi connectivity index (χ4v) is 2.95. The van der Waals surface area contributed by atoms with Crippen molar-refractivity contribution in [1.82, 2.24) is 0 Å². The van der Waals surface area contributed by atoms with Crippen molar-refractivity contribution >= 4 is 0 Å². The average Bonchev–Trinajstić information content (AvgIpc) is 2.28. The van der Waals surface area contributed by atoms with Crippen LogP contribution in [-0.2, 0) is 10.2 Å². The predicted molar refractivity (Wildman–Crippen MR) is 67.6 cm³/mol. The Morgan fingerprint density at radius 1 is 1.44 bits per heavy atom. The maximum atomic E-state index is 13.4. The molecule has 0 N–H and O–H groups in total. The molecule has 0 aromatic heterocycles. The van der Waals surface area contributed by atoms with Gasteiger partial charge in [-0.25, -0.2) is 4.39 Å². The first-order valence-corrected chi connectivity index (χ1v) is 6.24. The average molecular weight is 247 g/mol. The van der Waals surface area contributed by atoms with Gasteiger partial charge in [-0.05, 0) is 44.4 Å². The van der Waals surface area contributed by atoms with E-state index in [0.29, 0.717) is 13.0 Å². The van der Waals surface area contributed by atoms with Crippen LogP contribution in [0.15, 0.2) is 24.3 Å². The van der Waals surface area contributed by atoms with Crippen LogP contribution in [-0.4, -0.2) is 12.2 Å². The van der Waals surface area contributed by atoms with Gasteiger partial charge >= 0.3 is 0 Å². The monoisotopic (exact) mass is 247 g/mol. The first kappa shape index (κ1) is 13.0. The number of halogens is 1. The molecule has 1 heterocycles. The summed E-state index contributed by atoms with van der Waals surface area (Å²) in [7, 11) is 0. The quantitative estimate of drug-likeness (QED) is 0.800. The fourth-order valence-electron chi connectivity index (χ4n) is 2.95. The molecule has 0 saturated carbocycles. The number of nitriles is 1. The molecule has 2 rings (SSSR count). The zero-order valence-electron chi connectivity index (χ0n) is 10.9.